The fourth-order valence-electron chi connectivity index (χ4n) is 2.58. The Kier molecular flexibility index (Phi) is 4.97. The van der Waals surface area contributed by atoms with Gasteiger partial charge in [0.25, 0.3) is 0 Å². The molecule has 0 bridgehead atoms. The lowest BCUT2D eigenvalue weighted by Gasteiger charge is -2.43. The molecule has 1 aliphatic rings. The van der Waals surface area contributed by atoms with Crippen LogP contribution in [0.3, 0.4) is 0 Å². The maximum Gasteiger partial charge on any atom is 0.0569 e. The molecule has 0 radical (unpaired) electrons. The van der Waals surface area contributed by atoms with Crippen LogP contribution in [-0.4, -0.2) is 44.8 Å². The van der Waals surface area contributed by atoms with E-state index in [2.05, 4.69) is 43.1 Å². The Balaban J connectivity index is 1.77. The van der Waals surface area contributed by atoms with Crippen LogP contribution < -0.4 is 5.73 Å². The number of likely N-dealkylation sites (N-methyl/N-ethyl adjacent to an activating group) is 1. The minimum atomic E-state index is 0.209. The zero-order valence-corrected chi connectivity index (χ0v) is 12.2. The van der Waals surface area contributed by atoms with Gasteiger partial charge in [-0.3, -0.25) is 0 Å². The number of ether oxygens (including phenoxy) is 1. The average Bonchev–Trinajstić information content (AvgIpc) is 2.41. The van der Waals surface area contributed by atoms with E-state index in [0.29, 0.717) is 0 Å². The lowest BCUT2D eigenvalue weighted by molar-refractivity contribution is -0.117. The van der Waals surface area contributed by atoms with Crippen molar-refractivity contribution in [1.29, 1.82) is 0 Å². The number of hydrogen-bond acceptors (Lipinski definition) is 3. The fraction of sp³-hybridized carbons (Fsp3) is 0.625. The van der Waals surface area contributed by atoms with Crippen molar-refractivity contribution >= 4 is 0 Å². The van der Waals surface area contributed by atoms with E-state index < -0.39 is 0 Å². The molecule has 106 valence electrons. The molecule has 1 heterocycles. The number of benzene rings is 1. The Morgan fingerprint density at radius 3 is 2.32 bits per heavy atom. The molecular weight excluding hydrogens is 236 g/mol. The van der Waals surface area contributed by atoms with E-state index >= 15 is 0 Å². The number of aryl methyl sites for hydroxylation is 1. The molecule has 2 rings (SSSR count). The van der Waals surface area contributed by atoms with Gasteiger partial charge in [-0.25, -0.2) is 0 Å². The molecule has 3 heteroatoms. The van der Waals surface area contributed by atoms with Crippen LogP contribution in [0.5, 0.6) is 0 Å². The van der Waals surface area contributed by atoms with Crippen molar-refractivity contribution < 1.29 is 4.74 Å². The zero-order chi connectivity index (χ0) is 13.7. The van der Waals surface area contributed by atoms with Gasteiger partial charge < -0.3 is 15.4 Å². The van der Waals surface area contributed by atoms with E-state index in [-0.39, 0.29) is 5.41 Å². The minimum absolute atomic E-state index is 0.209. The number of hydrogen-bond donors (Lipinski definition) is 1. The molecule has 0 unspecified atom stereocenters. The van der Waals surface area contributed by atoms with Gasteiger partial charge in [0.15, 0.2) is 0 Å². The highest BCUT2D eigenvalue weighted by Crippen LogP contribution is 2.26. The van der Waals surface area contributed by atoms with Gasteiger partial charge in [0.05, 0.1) is 13.2 Å². The fourth-order valence-corrected chi connectivity index (χ4v) is 2.58. The molecule has 0 spiro atoms. The molecule has 0 amide bonds. The number of nitrogens with two attached hydrogens (primary N) is 1. The molecule has 3 nitrogen and oxygen atoms in total. The van der Waals surface area contributed by atoms with Crippen LogP contribution in [0.25, 0.3) is 0 Å². The van der Waals surface area contributed by atoms with Crippen molar-refractivity contribution in [3.05, 3.63) is 35.4 Å². The first-order chi connectivity index (χ1) is 9.17. The molecule has 0 atom stereocenters. The standard InChI is InChI=1S/C16H26N2O/c1-3-14-4-6-15(7-5-14)8-9-18(2)11-16(10-17)12-19-13-16/h4-7H,3,8-13,17H2,1-2H3. The summed E-state index contributed by atoms with van der Waals surface area (Å²) in [6, 6.07) is 8.96. The summed E-state index contributed by atoms with van der Waals surface area (Å²) in [4.78, 5) is 2.38. The second-order valence-electron chi connectivity index (χ2n) is 5.85. The maximum atomic E-state index is 5.85. The van der Waals surface area contributed by atoms with Crippen LogP contribution in [0.15, 0.2) is 24.3 Å². The highest BCUT2D eigenvalue weighted by atomic mass is 16.5. The maximum absolute atomic E-state index is 5.85. The molecule has 0 aliphatic carbocycles. The van der Waals surface area contributed by atoms with Gasteiger partial charge in [-0.2, -0.15) is 0 Å². The van der Waals surface area contributed by atoms with Crippen LogP contribution in [0, 0.1) is 5.41 Å². The molecule has 19 heavy (non-hydrogen) atoms. The predicted molar refractivity (Wildman–Crippen MR) is 79.3 cm³/mol. The molecule has 0 aromatic heterocycles. The van der Waals surface area contributed by atoms with Crippen LogP contribution >= 0.6 is 0 Å². The molecule has 2 N–H and O–H groups in total. The smallest absolute Gasteiger partial charge is 0.0569 e. The Morgan fingerprint density at radius 2 is 1.84 bits per heavy atom. The molecule has 0 saturated carbocycles. The van der Waals surface area contributed by atoms with Crippen LogP contribution in [0.4, 0.5) is 0 Å². The van der Waals surface area contributed by atoms with Gasteiger partial charge in [0.2, 0.25) is 0 Å². The van der Waals surface area contributed by atoms with Gasteiger partial charge in [-0.15, -0.1) is 0 Å². The second kappa shape index (κ2) is 6.51. The van der Waals surface area contributed by atoms with E-state index in [0.717, 1.165) is 45.7 Å². The summed E-state index contributed by atoms with van der Waals surface area (Å²) in [6.45, 7) is 6.67. The van der Waals surface area contributed by atoms with E-state index in [4.69, 9.17) is 10.5 Å². The van der Waals surface area contributed by atoms with Gasteiger partial charge >= 0.3 is 0 Å². The highest BCUT2D eigenvalue weighted by Gasteiger charge is 2.37. The summed E-state index contributed by atoms with van der Waals surface area (Å²) >= 11 is 0. The van der Waals surface area contributed by atoms with Gasteiger partial charge in [0.1, 0.15) is 0 Å². The van der Waals surface area contributed by atoms with Crippen molar-refractivity contribution in [3.8, 4) is 0 Å². The van der Waals surface area contributed by atoms with Crippen molar-refractivity contribution in [3.63, 3.8) is 0 Å². The Morgan fingerprint density at radius 1 is 1.21 bits per heavy atom. The normalized spacial score (nSPS) is 17.5. The molecule has 1 fully saturated rings. The highest BCUT2D eigenvalue weighted by molar-refractivity contribution is 5.22. The summed E-state index contributed by atoms with van der Waals surface area (Å²) in [5.41, 5.74) is 8.88. The summed E-state index contributed by atoms with van der Waals surface area (Å²) in [5, 5.41) is 0. The summed E-state index contributed by atoms with van der Waals surface area (Å²) in [6.07, 6.45) is 2.21. The lowest BCUT2D eigenvalue weighted by Crippen LogP contribution is -2.54. The van der Waals surface area contributed by atoms with Crippen molar-refractivity contribution in [1.82, 2.24) is 4.90 Å². The zero-order valence-electron chi connectivity index (χ0n) is 12.2. The van der Waals surface area contributed by atoms with Gasteiger partial charge in [-0.1, -0.05) is 31.2 Å². The Labute approximate surface area is 116 Å². The largest absolute Gasteiger partial charge is 0.380 e. The molecule has 1 aromatic rings. The second-order valence-corrected chi connectivity index (χ2v) is 5.85. The third-order valence-corrected chi connectivity index (χ3v) is 4.07. The average molecular weight is 262 g/mol. The molecule has 1 aliphatic heterocycles. The lowest BCUT2D eigenvalue weighted by atomic mass is 9.85. The van der Waals surface area contributed by atoms with Crippen LogP contribution in [0.1, 0.15) is 18.1 Å². The van der Waals surface area contributed by atoms with Crippen molar-refractivity contribution in [2.75, 3.05) is 39.9 Å². The van der Waals surface area contributed by atoms with E-state index in [1.54, 1.807) is 0 Å². The van der Waals surface area contributed by atoms with Gasteiger partial charge in [0, 0.05) is 25.0 Å². The first-order valence-electron chi connectivity index (χ1n) is 7.22. The Hall–Kier alpha value is -0.900. The van der Waals surface area contributed by atoms with Crippen molar-refractivity contribution in [2.24, 2.45) is 11.1 Å². The van der Waals surface area contributed by atoms with Gasteiger partial charge in [-0.05, 0) is 31.0 Å². The molecule has 1 aromatic carbocycles. The minimum Gasteiger partial charge on any atom is -0.380 e. The SMILES string of the molecule is CCc1ccc(CCN(C)CC2(CN)COC2)cc1. The van der Waals surface area contributed by atoms with E-state index in [9.17, 15) is 0 Å². The Bertz CT molecular complexity index is 379. The third kappa shape index (κ3) is 3.78. The predicted octanol–water partition coefficient (Wildman–Crippen LogP) is 1.70. The summed E-state index contributed by atoms with van der Waals surface area (Å²) < 4.78 is 5.31. The molecular formula is C16H26N2O. The third-order valence-electron chi connectivity index (χ3n) is 4.07. The van der Waals surface area contributed by atoms with E-state index in [1.807, 2.05) is 0 Å². The summed E-state index contributed by atoms with van der Waals surface area (Å²) in [7, 11) is 2.18. The van der Waals surface area contributed by atoms with Crippen LogP contribution in [0.2, 0.25) is 0 Å². The van der Waals surface area contributed by atoms with Crippen LogP contribution in [-0.2, 0) is 17.6 Å². The summed E-state index contributed by atoms with van der Waals surface area (Å²) in [5.74, 6) is 0. The number of nitrogens with zero attached hydrogens (tertiary/aromatic N) is 1. The van der Waals surface area contributed by atoms with Crippen molar-refractivity contribution in [2.45, 2.75) is 19.8 Å². The molecule has 1 saturated heterocycles. The number of rotatable bonds is 7. The monoisotopic (exact) mass is 262 g/mol. The quantitative estimate of drug-likeness (QED) is 0.813. The van der Waals surface area contributed by atoms with E-state index in [1.165, 1.54) is 11.1 Å². The first kappa shape index (κ1) is 14.5. The first-order valence-corrected chi connectivity index (χ1v) is 7.22. The topological polar surface area (TPSA) is 38.5 Å².